The van der Waals surface area contributed by atoms with Crippen LogP contribution in [0.5, 0.6) is 0 Å². The molecular formula is C16H16O3S. The largest absolute Gasteiger partial charge is 0.466 e. The molecule has 104 valence electrons. The predicted molar refractivity (Wildman–Crippen MR) is 80.9 cm³/mol. The maximum atomic E-state index is 11.6. The van der Waals surface area contributed by atoms with E-state index in [0.717, 1.165) is 10.3 Å². The van der Waals surface area contributed by atoms with Gasteiger partial charge in [0, 0.05) is 4.90 Å². The maximum absolute atomic E-state index is 11.6. The molecule has 0 aliphatic heterocycles. The van der Waals surface area contributed by atoms with E-state index in [1.165, 1.54) is 17.1 Å². The Kier molecular flexibility index (Phi) is 5.18. The van der Waals surface area contributed by atoms with E-state index in [-0.39, 0.29) is 18.0 Å². The fourth-order valence-corrected chi connectivity index (χ4v) is 2.65. The molecule has 0 saturated heterocycles. The molecule has 0 heterocycles. The van der Waals surface area contributed by atoms with Gasteiger partial charge in [-0.2, -0.15) is 0 Å². The number of fused-ring (bicyclic) bond motifs is 1. The monoisotopic (exact) mass is 288 g/mol. The van der Waals surface area contributed by atoms with Gasteiger partial charge < -0.3 is 4.74 Å². The van der Waals surface area contributed by atoms with Gasteiger partial charge in [0.05, 0.1) is 12.4 Å². The smallest absolute Gasteiger partial charge is 0.313 e. The zero-order chi connectivity index (χ0) is 14.4. The van der Waals surface area contributed by atoms with Crippen molar-refractivity contribution in [3.63, 3.8) is 0 Å². The number of thioether (sulfide) groups is 1. The molecule has 0 atom stereocenters. The first-order valence-corrected chi connectivity index (χ1v) is 7.46. The Bertz CT molecular complexity index is 622. The van der Waals surface area contributed by atoms with Crippen molar-refractivity contribution in [1.82, 2.24) is 0 Å². The van der Waals surface area contributed by atoms with Crippen molar-refractivity contribution in [2.75, 3.05) is 12.4 Å². The second-order valence-corrected chi connectivity index (χ2v) is 5.37. The Morgan fingerprint density at radius 3 is 2.60 bits per heavy atom. The van der Waals surface area contributed by atoms with Crippen LogP contribution in [-0.2, 0) is 14.3 Å². The highest BCUT2D eigenvalue weighted by atomic mass is 32.2. The third kappa shape index (κ3) is 4.10. The van der Waals surface area contributed by atoms with Crippen molar-refractivity contribution >= 4 is 34.3 Å². The van der Waals surface area contributed by atoms with Gasteiger partial charge in [0.2, 0.25) is 0 Å². The first kappa shape index (κ1) is 14.6. The van der Waals surface area contributed by atoms with E-state index >= 15 is 0 Å². The molecule has 0 radical (unpaired) electrons. The predicted octanol–water partition coefficient (Wildman–Crippen LogP) is 3.45. The fraction of sp³-hybridized carbons (Fsp3) is 0.250. The molecule has 0 bridgehead atoms. The van der Waals surface area contributed by atoms with E-state index in [1.54, 1.807) is 6.92 Å². The van der Waals surface area contributed by atoms with E-state index in [4.69, 9.17) is 4.74 Å². The molecule has 0 saturated carbocycles. The molecule has 0 aromatic heterocycles. The number of esters is 1. The van der Waals surface area contributed by atoms with E-state index in [0.29, 0.717) is 6.61 Å². The highest BCUT2D eigenvalue weighted by molar-refractivity contribution is 8.00. The topological polar surface area (TPSA) is 43.4 Å². The minimum atomic E-state index is -0.448. The van der Waals surface area contributed by atoms with Gasteiger partial charge in [-0.3, -0.25) is 9.59 Å². The van der Waals surface area contributed by atoms with E-state index < -0.39 is 5.97 Å². The van der Waals surface area contributed by atoms with Crippen LogP contribution >= 0.6 is 11.8 Å². The van der Waals surface area contributed by atoms with E-state index in [1.807, 2.05) is 30.3 Å². The van der Waals surface area contributed by atoms with Gasteiger partial charge >= 0.3 is 5.97 Å². The summed E-state index contributed by atoms with van der Waals surface area (Å²) in [6.45, 7) is 2.04. The Morgan fingerprint density at radius 1 is 1.10 bits per heavy atom. The third-order valence-electron chi connectivity index (χ3n) is 2.77. The van der Waals surface area contributed by atoms with Crippen molar-refractivity contribution in [2.45, 2.75) is 18.2 Å². The molecule has 2 rings (SSSR count). The Balaban J connectivity index is 1.92. The standard InChI is InChI=1S/C16H16O3S/c1-2-19-16(18)10-14(17)11-20-15-8-7-12-5-3-4-6-13(12)9-15/h3-9H,2,10-11H2,1H3. The van der Waals surface area contributed by atoms with Crippen LogP contribution in [0.1, 0.15) is 13.3 Å². The first-order chi connectivity index (χ1) is 9.69. The number of hydrogen-bond acceptors (Lipinski definition) is 4. The zero-order valence-corrected chi connectivity index (χ0v) is 12.1. The van der Waals surface area contributed by atoms with Crippen LogP contribution in [0.15, 0.2) is 47.4 Å². The lowest BCUT2D eigenvalue weighted by molar-refractivity contribution is -0.145. The van der Waals surface area contributed by atoms with Crippen molar-refractivity contribution in [3.05, 3.63) is 42.5 Å². The summed E-state index contributed by atoms with van der Waals surface area (Å²) in [5, 5.41) is 2.32. The van der Waals surface area contributed by atoms with Gasteiger partial charge in [0.1, 0.15) is 6.42 Å². The van der Waals surface area contributed by atoms with Crippen LogP contribution in [0.25, 0.3) is 10.8 Å². The first-order valence-electron chi connectivity index (χ1n) is 6.48. The van der Waals surface area contributed by atoms with Crippen LogP contribution in [0.4, 0.5) is 0 Å². The number of Topliss-reactive ketones (excluding diaryl/α,β-unsaturated/α-hetero) is 1. The zero-order valence-electron chi connectivity index (χ0n) is 11.3. The summed E-state index contributed by atoms with van der Waals surface area (Å²) in [5.74, 6) is -0.268. The van der Waals surface area contributed by atoms with Gasteiger partial charge in [-0.25, -0.2) is 0 Å². The Labute approximate surface area is 122 Å². The van der Waals surface area contributed by atoms with E-state index in [2.05, 4.69) is 12.1 Å². The number of hydrogen-bond donors (Lipinski definition) is 0. The van der Waals surface area contributed by atoms with Crippen molar-refractivity contribution < 1.29 is 14.3 Å². The lowest BCUT2D eigenvalue weighted by atomic mass is 10.1. The normalized spacial score (nSPS) is 10.4. The molecule has 0 N–H and O–H groups in total. The summed E-state index contributed by atoms with van der Waals surface area (Å²) < 4.78 is 4.75. The number of carbonyl (C=O) groups is 2. The van der Waals surface area contributed by atoms with Crippen LogP contribution in [0.3, 0.4) is 0 Å². The molecule has 2 aromatic rings. The van der Waals surface area contributed by atoms with Gasteiger partial charge in [-0.1, -0.05) is 30.3 Å². The number of ketones is 1. The van der Waals surface area contributed by atoms with Gasteiger partial charge in [0.25, 0.3) is 0 Å². The summed E-state index contributed by atoms with van der Waals surface area (Å²) >= 11 is 1.45. The van der Waals surface area contributed by atoms with Gasteiger partial charge in [0.15, 0.2) is 5.78 Å². The van der Waals surface area contributed by atoms with Gasteiger partial charge in [-0.05, 0) is 29.8 Å². The minimum Gasteiger partial charge on any atom is -0.466 e. The molecule has 20 heavy (non-hydrogen) atoms. The number of benzene rings is 2. The molecule has 3 nitrogen and oxygen atoms in total. The highest BCUT2D eigenvalue weighted by Crippen LogP contribution is 2.23. The summed E-state index contributed by atoms with van der Waals surface area (Å²) in [6, 6.07) is 14.2. The molecule has 4 heteroatoms. The lowest BCUT2D eigenvalue weighted by Gasteiger charge is -2.04. The van der Waals surface area contributed by atoms with Crippen LogP contribution < -0.4 is 0 Å². The van der Waals surface area contributed by atoms with Crippen molar-refractivity contribution in [1.29, 1.82) is 0 Å². The van der Waals surface area contributed by atoms with Crippen LogP contribution in [0.2, 0.25) is 0 Å². The number of ether oxygens (including phenoxy) is 1. The summed E-state index contributed by atoms with van der Waals surface area (Å²) in [6.07, 6.45) is -0.144. The summed E-state index contributed by atoms with van der Waals surface area (Å²) in [5.41, 5.74) is 0. The highest BCUT2D eigenvalue weighted by Gasteiger charge is 2.10. The molecular weight excluding hydrogens is 272 g/mol. The average molecular weight is 288 g/mol. The van der Waals surface area contributed by atoms with E-state index in [9.17, 15) is 9.59 Å². The Hall–Kier alpha value is -1.81. The Morgan fingerprint density at radius 2 is 1.85 bits per heavy atom. The van der Waals surface area contributed by atoms with Crippen LogP contribution in [0, 0.1) is 0 Å². The van der Waals surface area contributed by atoms with Crippen LogP contribution in [-0.4, -0.2) is 24.1 Å². The second-order valence-electron chi connectivity index (χ2n) is 4.32. The number of carbonyl (C=O) groups excluding carboxylic acids is 2. The molecule has 0 unspecified atom stereocenters. The molecule has 0 spiro atoms. The average Bonchev–Trinajstić information content (AvgIpc) is 2.45. The molecule has 0 aliphatic rings. The third-order valence-corrected chi connectivity index (χ3v) is 3.82. The molecule has 0 amide bonds. The minimum absolute atomic E-state index is 0.110. The molecule has 0 fully saturated rings. The fourth-order valence-electron chi connectivity index (χ4n) is 1.85. The van der Waals surface area contributed by atoms with Crippen molar-refractivity contribution in [3.8, 4) is 0 Å². The molecule has 2 aromatic carbocycles. The number of rotatable bonds is 6. The molecule has 0 aliphatic carbocycles. The summed E-state index contributed by atoms with van der Waals surface area (Å²) in [4.78, 5) is 23.9. The van der Waals surface area contributed by atoms with Gasteiger partial charge in [-0.15, -0.1) is 11.8 Å². The quantitative estimate of drug-likeness (QED) is 0.464. The maximum Gasteiger partial charge on any atom is 0.313 e. The second kappa shape index (κ2) is 7.10. The SMILES string of the molecule is CCOC(=O)CC(=O)CSc1ccc2ccccc2c1. The van der Waals surface area contributed by atoms with Crippen molar-refractivity contribution in [2.24, 2.45) is 0 Å². The lowest BCUT2D eigenvalue weighted by Crippen LogP contribution is -2.12. The summed E-state index contributed by atoms with van der Waals surface area (Å²) in [7, 11) is 0.